The number of rotatable bonds is 6. The van der Waals surface area contributed by atoms with E-state index in [1.54, 1.807) is 0 Å². The number of carbonyl (C=O) groups excluding carboxylic acids is 1. The lowest BCUT2D eigenvalue weighted by molar-refractivity contribution is -0.124. The van der Waals surface area contributed by atoms with Crippen LogP contribution < -0.4 is 10.1 Å². The molecule has 0 aliphatic carbocycles. The Morgan fingerprint density at radius 2 is 1.80 bits per heavy atom. The zero-order valence-corrected chi connectivity index (χ0v) is 17.8. The number of hydrogen-bond donors (Lipinski definition) is 1. The molecule has 0 aromatic heterocycles. The standard InChI is InChI=1S/C20H21ClF2N2O4S/c1-29-14-10-17(22)16(18(23)11-14)12-25(19-4-2-3-9-24-20(19)26)30(27,28)15-7-5-13(21)6-8-15/h5-8,10-11,19H,2-4,9,12H2,1H3,(H,24,26)/t19-/m1/s1. The molecule has 0 bridgehead atoms. The van der Waals surface area contributed by atoms with E-state index >= 15 is 0 Å². The van der Waals surface area contributed by atoms with E-state index in [9.17, 15) is 22.0 Å². The molecule has 3 rings (SSSR count). The maximum Gasteiger partial charge on any atom is 0.244 e. The van der Waals surface area contributed by atoms with Crippen LogP contribution in [0.2, 0.25) is 5.02 Å². The first-order valence-electron chi connectivity index (χ1n) is 9.31. The molecule has 1 N–H and O–H groups in total. The van der Waals surface area contributed by atoms with Gasteiger partial charge in [0, 0.05) is 35.8 Å². The van der Waals surface area contributed by atoms with Gasteiger partial charge in [-0.25, -0.2) is 17.2 Å². The van der Waals surface area contributed by atoms with Gasteiger partial charge in [-0.2, -0.15) is 4.31 Å². The van der Waals surface area contributed by atoms with Crippen molar-refractivity contribution >= 4 is 27.5 Å². The maximum absolute atomic E-state index is 14.6. The SMILES string of the molecule is COc1cc(F)c(CN([C@@H]2CCCCNC2=O)S(=O)(=O)c2ccc(Cl)cc2)c(F)c1. The predicted octanol–water partition coefficient (Wildman–Crippen LogP) is 3.49. The number of benzene rings is 2. The first kappa shape index (κ1) is 22.5. The van der Waals surface area contributed by atoms with E-state index in [1.165, 1.54) is 31.4 Å². The molecule has 10 heteroatoms. The van der Waals surface area contributed by atoms with Crippen molar-refractivity contribution in [1.82, 2.24) is 9.62 Å². The van der Waals surface area contributed by atoms with Crippen LogP contribution in [0.3, 0.4) is 0 Å². The van der Waals surface area contributed by atoms with Crippen LogP contribution in [-0.2, 0) is 21.4 Å². The summed E-state index contributed by atoms with van der Waals surface area (Å²) in [6.07, 6.45) is 1.50. The first-order chi connectivity index (χ1) is 14.2. The molecule has 1 saturated heterocycles. The number of halogens is 3. The van der Waals surface area contributed by atoms with Crippen molar-refractivity contribution in [1.29, 1.82) is 0 Å². The summed E-state index contributed by atoms with van der Waals surface area (Å²) in [7, 11) is -3.00. The van der Waals surface area contributed by atoms with Crippen molar-refractivity contribution in [3.63, 3.8) is 0 Å². The lowest BCUT2D eigenvalue weighted by atomic mass is 10.1. The highest BCUT2D eigenvalue weighted by Gasteiger charge is 2.37. The van der Waals surface area contributed by atoms with Crippen LogP contribution in [0.5, 0.6) is 5.75 Å². The lowest BCUT2D eigenvalue weighted by Gasteiger charge is -2.29. The third-order valence-corrected chi connectivity index (χ3v) is 7.06. The zero-order valence-electron chi connectivity index (χ0n) is 16.2. The summed E-state index contributed by atoms with van der Waals surface area (Å²) in [4.78, 5) is 12.5. The Morgan fingerprint density at radius 3 is 2.40 bits per heavy atom. The van der Waals surface area contributed by atoms with E-state index in [4.69, 9.17) is 16.3 Å². The molecule has 1 heterocycles. The van der Waals surface area contributed by atoms with Crippen LogP contribution in [-0.4, -0.2) is 38.3 Å². The fraction of sp³-hybridized carbons (Fsp3) is 0.350. The summed E-state index contributed by atoms with van der Waals surface area (Å²) in [5, 5.41) is 3.00. The molecule has 6 nitrogen and oxygen atoms in total. The van der Waals surface area contributed by atoms with Gasteiger partial charge in [0.05, 0.1) is 12.0 Å². The molecule has 2 aromatic rings. The molecule has 0 unspecified atom stereocenters. The van der Waals surface area contributed by atoms with E-state index in [-0.39, 0.29) is 17.1 Å². The van der Waals surface area contributed by atoms with Crippen LogP contribution in [0, 0.1) is 11.6 Å². The van der Waals surface area contributed by atoms with E-state index < -0.39 is 45.7 Å². The highest BCUT2D eigenvalue weighted by atomic mass is 35.5. The summed E-state index contributed by atoms with van der Waals surface area (Å²) in [6.45, 7) is -0.236. The molecule has 0 radical (unpaired) electrons. The Hall–Kier alpha value is -2.23. The summed E-state index contributed by atoms with van der Waals surface area (Å²) in [6, 6.07) is 6.22. The van der Waals surface area contributed by atoms with E-state index in [1.807, 2.05) is 0 Å². The molecule has 1 amide bonds. The number of carbonyl (C=O) groups is 1. The van der Waals surface area contributed by atoms with Gasteiger partial charge in [-0.15, -0.1) is 0 Å². The van der Waals surface area contributed by atoms with Crippen molar-refractivity contribution in [3.05, 3.63) is 58.6 Å². The molecule has 0 spiro atoms. The van der Waals surface area contributed by atoms with Gasteiger partial charge in [0.1, 0.15) is 23.4 Å². The molecule has 1 atom stereocenters. The number of nitrogens with one attached hydrogen (secondary N) is 1. The topological polar surface area (TPSA) is 75.7 Å². The lowest BCUT2D eigenvalue weighted by Crippen LogP contribution is -2.48. The maximum atomic E-state index is 14.6. The molecule has 1 fully saturated rings. The second-order valence-electron chi connectivity index (χ2n) is 6.88. The largest absolute Gasteiger partial charge is 0.497 e. The number of methoxy groups -OCH3 is 1. The highest BCUT2D eigenvalue weighted by molar-refractivity contribution is 7.89. The predicted molar refractivity (Wildman–Crippen MR) is 108 cm³/mol. The Kier molecular flexibility index (Phi) is 6.95. The average Bonchev–Trinajstić information content (AvgIpc) is 2.92. The molecule has 162 valence electrons. The second kappa shape index (κ2) is 9.28. The van der Waals surface area contributed by atoms with Gasteiger partial charge >= 0.3 is 0 Å². The Morgan fingerprint density at radius 1 is 1.17 bits per heavy atom. The third-order valence-electron chi connectivity index (χ3n) is 4.94. The van der Waals surface area contributed by atoms with Crippen LogP contribution in [0.15, 0.2) is 41.3 Å². The Bertz CT molecular complexity index is 1010. The molecular formula is C20H21ClF2N2O4S. The highest BCUT2D eigenvalue weighted by Crippen LogP contribution is 2.29. The van der Waals surface area contributed by atoms with Crippen molar-refractivity contribution in [2.24, 2.45) is 0 Å². The summed E-state index contributed by atoms with van der Waals surface area (Å²) in [5.41, 5.74) is -0.467. The second-order valence-corrected chi connectivity index (χ2v) is 9.20. The van der Waals surface area contributed by atoms with Crippen LogP contribution in [0.25, 0.3) is 0 Å². The minimum Gasteiger partial charge on any atom is -0.497 e. The normalized spacial score (nSPS) is 17.5. The van der Waals surface area contributed by atoms with Crippen LogP contribution in [0.1, 0.15) is 24.8 Å². The van der Waals surface area contributed by atoms with E-state index in [0.717, 1.165) is 16.4 Å². The molecule has 2 aromatic carbocycles. The van der Waals surface area contributed by atoms with Gasteiger partial charge in [-0.1, -0.05) is 11.6 Å². The van der Waals surface area contributed by atoms with E-state index in [0.29, 0.717) is 24.4 Å². The summed E-state index contributed by atoms with van der Waals surface area (Å²) >= 11 is 5.85. The van der Waals surface area contributed by atoms with Gasteiger partial charge in [0.25, 0.3) is 0 Å². The van der Waals surface area contributed by atoms with Crippen molar-refractivity contribution in [3.8, 4) is 5.75 Å². The smallest absolute Gasteiger partial charge is 0.244 e. The number of amides is 1. The Labute approximate surface area is 178 Å². The monoisotopic (exact) mass is 458 g/mol. The number of ether oxygens (including phenoxy) is 1. The van der Waals surface area contributed by atoms with Gasteiger partial charge in [-0.05, 0) is 43.5 Å². The number of sulfonamides is 1. The van der Waals surface area contributed by atoms with Crippen LogP contribution in [0.4, 0.5) is 8.78 Å². The van der Waals surface area contributed by atoms with Gasteiger partial charge in [-0.3, -0.25) is 4.79 Å². The number of hydrogen-bond acceptors (Lipinski definition) is 4. The minimum atomic E-state index is -4.26. The van der Waals surface area contributed by atoms with Crippen LogP contribution >= 0.6 is 11.6 Å². The molecular weight excluding hydrogens is 438 g/mol. The van der Waals surface area contributed by atoms with Crippen molar-refractivity contribution < 1.29 is 26.7 Å². The summed E-state index contributed by atoms with van der Waals surface area (Å²) < 4.78 is 61.6. The minimum absolute atomic E-state index is 0.0342. The van der Waals surface area contributed by atoms with Crippen molar-refractivity contribution in [2.75, 3.05) is 13.7 Å². The van der Waals surface area contributed by atoms with Gasteiger partial charge in [0.2, 0.25) is 15.9 Å². The fourth-order valence-electron chi connectivity index (χ4n) is 3.31. The Balaban J connectivity index is 2.08. The summed E-state index contributed by atoms with van der Waals surface area (Å²) in [5.74, 6) is -2.46. The molecule has 0 saturated carbocycles. The molecule has 1 aliphatic rings. The fourth-order valence-corrected chi connectivity index (χ4v) is 5.02. The zero-order chi connectivity index (χ0) is 21.9. The average molecular weight is 459 g/mol. The van der Waals surface area contributed by atoms with Gasteiger partial charge in [0.15, 0.2) is 0 Å². The molecule has 30 heavy (non-hydrogen) atoms. The molecule has 1 aliphatic heterocycles. The number of nitrogens with zero attached hydrogens (tertiary/aromatic N) is 1. The quantitative estimate of drug-likeness (QED) is 0.719. The third kappa shape index (κ3) is 4.74. The van der Waals surface area contributed by atoms with E-state index in [2.05, 4.69) is 5.32 Å². The van der Waals surface area contributed by atoms with Gasteiger partial charge < -0.3 is 10.1 Å². The first-order valence-corrected chi connectivity index (χ1v) is 11.1. The van der Waals surface area contributed by atoms with Crippen molar-refractivity contribution in [2.45, 2.75) is 36.7 Å².